The van der Waals surface area contributed by atoms with Gasteiger partial charge in [0, 0.05) is 57.1 Å². The molecule has 1 atom stereocenters. The molecule has 0 spiro atoms. The van der Waals surface area contributed by atoms with Gasteiger partial charge in [-0.2, -0.15) is 5.10 Å². The van der Waals surface area contributed by atoms with Gasteiger partial charge in [0.05, 0.1) is 11.9 Å². The van der Waals surface area contributed by atoms with Crippen molar-refractivity contribution in [2.45, 2.75) is 19.0 Å². The summed E-state index contributed by atoms with van der Waals surface area (Å²) in [5, 5.41) is 7.97. The van der Waals surface area contributed by atoms with Crippen LogP contribution in [0.15, 0.2) is 42.7 Å². The highest BCUT2D eigenvalue weighted by atomic mass is 15.3. The van der Waals surface area contributed by atoms with Gasteiger partial charge in [0.2, 0.25) is 0 Å². The Hall–Kier alpha value is -1.69. The molecule has 2 saturated heterocycles. The second kappa shape index (κ2) is 6.83. The van der Waals surface area contributed by atoms with E-state index in [1.807, 2.05) is 29.1 Å². The highest BCUT2D eigenvalue weighted by molar-refractivity contribution is 5.30. The van der Waals surface area contributed by atoms with Gasteiger partial charge in [0.25, 0.3) is 0 Å². The van der Waals surface area contributed by atoms with Gasteiger partial charge in [0.1, 0.15) is 0 Å². The molecule has 1 unspecified atom stereocenters. The van der Waals surface area contributed by atoms with Crippen LogP contribution in [0.1, 0.15) is 12.0 Å². The summed E-state index contributed by atoms with van der Waals surface area (Å²) in [6.45, 7) is 8.06. The minimum absolute atomic E-state index is 0.762. The Morgan fingerprint density at radius 3 is 2.65 bits per heavy atom. The van der Waals surface area contributed by atoms with Crippen molar-refractivity contribution in [3.63, 3.8) is 0 Å². The molecule has 1 N–H and O–H groups in total. The van der Waals surface area contributed by atoms with Crippen LogP contribution in [0.2, 0.25) is 0 Å². The Labute approximate surface area is 137 Å². The normalized spacial score (nSPS) is 23.4. The summed E-state index contributed by atoms with van der Waals surface area (Å²) in [6, 6.07) is 11.1. The van der Waals surface area contributed by atoms with E-state index in [4.69, 9.17) is 0 Å². The minimum atomic E-state index is 0.762. The molecule has 2 aliphatic heterocycles. The van der Waals surface area contributed by atoms with Gasteiger partial charge in [-0.15, -0.1) is 0 Å². The van der Waals surface area contributed by atoms with Gasteiger partial charge in [-0.3, -0.25) is 9.80 Å². The molecular weight excluding hydrogens is 286 g/mol. The van der Waals surface area contributed by atoms with Crippen LogP contribution in [-0.2, 0) is 6.54 Å². The average molecular weight is 311 g/mol. The maximum atomic E-state index is 4.50. The Bertz CT molecular complexity index is 609. The molecule has 4 rings (SSSR count). The van der Waals surface area contributed by atoms with Gasteiger partial charge in [-0.1, -0.05) is 18.2 Å². The first kappa shape index (κ1) is 14.9. The number of nitrogens with zero attached hydrogens (tertiary/aromatic N) is 4. The lowest BCUT2D eigenvalue weighted by Crippen LogP contribution is -2.50. The highest BCUT2D eigenvalue weighted by Crippen LogP contribution is 2.14. The van der Waals surface area contributed by atoms with Crippen molar-refractivity contribution in [1.29, 1.82) is 0 Å². The number of rotatable bonds is 4. The zero-order valence-electron chi connectivity index (χ0n) is 13.6. The number of hydrogen-bond acceptors (Lipinski definition) is 4. The van der Waals surface area contributed by atoms with E-state index < -0.39 is 0 Å². The average Bonchev–Trinajstić information content (AvgIpc) is 3.28. The SMILES string of the molecule is c1ccc(-n2cc(CN3CCN(C4CCNC4)CC3)cn2)cc1. The first-order chi connectivity index (χ1) is 11.4. The molecule has 1 aromatic heterocycles. The van der Waals surface area contributed by atoms with E-state index in [0.717, 1.165) is 31.4 Å². The molecule has 0 bridgehead atoms. The van der Waals surface area contributed by atoms with Crippen LogP contribution in [0.4, 0.5) is 0 Å². The number of benzene rings is 1. The quantitative estimate of drug-likeness (QED) is 0.925. The van der Waals surface area contributed by atoms with Crippen LogP contribution in [-0.4, -0.2) is 64.9 Å². The molecular formula is C18H25N5. The molecule has 23 heavy (non-hydrogen) atoms. The fourth-order valence-corrected chi connectivity index (χ4v) is 3.66. The molecule has 5 heteroatoms. The molecule has 0 saturated carbocycles. The van der Waals surface area contributed by atoms with Crippen LogP contribution in [0.3, 0.4) is 0 Å². The zero-order valence-corrected chi connectivity index (χ0v) is 13.6. The predicted octanol–water partition coefficient (Wildman–Crippen LogP) is 1.35. The molecule has 1 aromatic carbocycles. The monoisotopic (exact) mass is 311 g/mol. The number of para-hydroxylation sites is 1. The van der Waals surface area contributed by atoms with Gasteiger partial charge in [0.15, 0.2) is 0 Å². The topological polar surface area (TPSA) is 36.3 Å². The Kier molecular flexibility index (Phi) is 4.41. The summed E-state index contributed by atoms with van der Waals surface area (Å²) in [5.74, 6) is 0. The predicted molar refractivity (Wildman–Crippen MR) is 91.7 cm³/mol. The van der Waals surface area contributed by atoms with E-state index in [9.17, 15) is 0 Å². The summed E-state index contributed by atoms with van der Waals surface area (Å²) >= 11 is 0. The third kappa shape index (κ3) is 3.47. The van der Waals surface area contributed by atoms with Gasteiger partial charge < -0.3 is 5.32 Å². The van der Waals surface area contributed by atoms with E-state index in [-0.39, 0.29) is 0 Å². The second-order valence-electron chi connectivity index (χ2n) is 6.59. The molecule has 0 amide bonds. The van der Waals surface area contributed by atoms with Crippen molar-refractivity contribution in [1.82, 2.24) is 24.9 Å². The maximum Gasteiger partial charge on any atom is 0.0645 e. The van der Waals surface area contributed by atoms with Crippen LogP contribution in [0.5, 0.6) is 0 Å². The van der Waals surface area contributed by atoms with Crippen molar-refractivity contribution in [2.75, 3.05) is 39.3 Å². The first-order valence-electron chi connectivity index (χ1n) is 8.64. The van der Waals surface area contributed by atoms with E-state index in [1.54, 1.807) is 0 Å². The Morgan fingerprint density at radius 2 is 1.91 bits per heavy atom. The number of nitrogens with one attached hydrogen (secondary N) is 1. The van der Waals surface area contributed by atoms with Crippen molar-refractivity contribution in [3.8, 4) is 5.69 Å². The molecule has 2 aliphatic rings. The molecule has 2 aromatic rings. The van der Waals surface area contributed by atoms with E-state index in [1.165, 1.54) is 38.2 Å². The van der Waals surface area contributed by atoms with Crippen molar-refractivity contribution in [2.24, 2.45) is 0 Å². The fraction of sp³-hybridized carbons (Fsp3) is 0.500. The van der Waals surface area contributed by atoms with Crippen LogP contribution >= 0.6 is 0 Å². The van der Waals surface area contributed by atoms with Crippen LogP contribution < -0.4 is 5.32 Å². The second-order valence-corrected chi connectivity index (χ2v) is 6.59. The Morgan fingerprint density at radius 1 is 1.09 bits per heavy atom. The third-order valence-corrected chi connectivity index (χ3v) is 5.02. The standard InChI is InChI=1S/C18H25N5/c1-2-4-17(5-3-1)23-15-16(12-20-23)14-21-8-10-22(11-9-21)18-6-7-19-13-18/h1-5,12,15,18-19H,6-11,13-14H2. The maximum absolute atomic E-state index is 4.50. The smallest absolute Gasteiger partial charge is 0.0645 e. The number of hydrogen-bond donors (Lipinski definition) is 1. The van der Waals surface area contributed by atoms with Crippen molar-refractivity contribution >= 4 is 0 Å². The molecule has 5 nitrogen and oxygen atoms in total. The summed E-state index contributed by atoms with van der Waals surface area (Å²) in [4.78, 5) is 5.20. The number of aromatic nitrogens is 2. The summed E-state index contributed by atoms with van der Waals surface area (Å²) in [7, 11) is 0. The molecule has 3 heterocycles. The molecule has 0 aliphatic carbocycles. The summed E-state index contributed by atoms with van der Waals surface area (Å²) in [6.07, 6.45) is 5.46. The lowest BCUT2D eigenvalue weighted by Gasteiger charge is -2.37. The van der Waals surface area contributed by atoms with E-state index in [0.29, 0.717) is 0 Å². The zero-order chi connectivity index (χ0) is 15.5. The lowest BCUT2D eigenvalue weighted by atomic mass is 10.2. The summed E-state index contributed by atoms with van der Waals surface area (Å²) in [5.41, 5.74) is 2.42. The van der Waals surface area contributed by atoms with E-state index >= 15 is 0 Å². The van der Waals surface area contributed by atoms with E-state index in [2.05, 4.69) is 38.5 Å². The van der Waals surface area contributed by atoms with Crippen molar-refractivity contribution < 1.29 is 0 Å². The first-order valence-corrected chi connectivity index (χ1v) is 8.64. The summed E-state index contributed by atoms with van der Waals surface area (Å²) < 4.78 is 1.97. The van der Waals surface area contributed by atoms with Gasteiger partial charge in [-0.25, -0.2) is 4.68 Å². The van der Waals surface area contributed by atoms with Crippen molar-refractivity contribution in [3.05, 3.63) is 48.3 Å². The molecule has 122 valence electrons. The fourth-order valence-electron chi connectivity index (χ4n) is 3.66. The van der Waals surface area contributed by atoms with Crippen LogP contribution in [0.25, 0.3) is 5.69 Å². The third-order valence-electron chi connectivity index (χ3n) is 5.02. The highest BCUT2D eigenvalue weighted by Gasteiger charge is 2.25. The van der Waals surface area contributed by atoms with Crippen LogP contribution in [0, 0.1) is 0 Å². The minimum Gasteiger partial charge on any atom is -0.315 e. The van der Waals surface area contributed by atoms with Gasteiger partial charge >= 0.3 is 0 Å². The number of piperazine rings is 1. The largest absolute Gasteiger partial charge is 0.315 e. The van der Waals surface area contributed by atoms with Gasteiger partial charge in [-0.05, 0) is 25.1 Å². The lowest BCUT2D eigenvalue weighted by molar-refractivity contribution is 0.0981. The molecule has 2 fully saturated rings. The molecule has 0 radical (unpaired) electrons. The Balaban J connectivity index is 1.32.